The van der Waals surface area contributed by atoms with Crippen LogP contribution in [0.1, 0.15) is 24.8 Å². The molecule has 102 valence electrons. The first-order valence-corrected chi connectivity index (χ1v) is 6.34. The first-order chi connectivity index (χ1) is 9.04. The first-order valence-electron chi connectivity index (χ1n) is 6.34. The number of carboxylic acid groups (broad SMARTS) is 1. The molecule has 0 bridgehead atoms. The number of hydrogen-bond donors (Lipinski definition) is 3. The van der Waals surface area contributed by atoms with Crippen LogP contribution in [0.3, 0.4) is 0 Å². The molecule has 1 aliphatic rings. The van der Waals surface area contributed by atoms with Gasteiger partial charge in [-0.1, -0.05) is 12.1 Å². The van der Waals surface area contributed by atoms with Crippen molar-refractivity contribution in [2.24, 2.45) is 5.92 Å². The van der Waals surface area contributed by atoms with Crippen molar-refractivity contribution in [3.63, 3.8) is 0 Å². The van der Waals surface area contributed by atoms with E-state index in [1.807, 2.05) is 0 Å². The number of amides is 1. The third kappa shape index (κ3) is 3.71. The van der Waals surface area contributed by atoms with Gasteiger partial charge in [0.15, 0.2) is 0 Å². The summed E-state index contributed by atoms with van der Waals surface area (Å²) in [4.78, 5) is 22.6. The van der Waals surface area contributed by atoms with Gasteiger partial charge in [-0.3, -0.25) is 9.59 Å². The summed E-state index contributed by atoms with van der Waals surface area (Å²) < 4.78 is 0. The zero-order valence-electron chi connectivity index (χ0n) is 10.5. The second-order valence-corrected chi connectivity index (χ2v) is 4.96. The van der Waals surface area contributed by atoms with Crippen molar-refractivity contribution in [1.29, 1.82) is 0 Å². The standard InChI is InChI=1S/C14H17NO4/c16-12-3-1-2-9(6-12)7-13(17)15-11-5-4-10(8-11)14(18)19/h1-3,6,10-11,16H,4-5,7-8H2,(H,15,17)(H,18,19). The minimum absolute atomic E-state index is 0.0501. The zero-order chi connectivity index (χ0) is 13.8. The number of aromatic hydroxyl groups is 1. The molecule has 0 saturated heterocycles. The molecule has 2 atom stereocenters. The maximum atomic E-state index is 11.8. The van der Waals surface area contributed by atoms with Crippen LogP contribution in [0.15, 0.2) is 24.3 Å². The van der Waals surface area contributed by atoms with Gasteiger partial charge < -0.3 is 15.5 Å². The molecule has 0 radical (unpaired) electrons. The molecule has 0 aliphatic heterocycles. The van der Waals surface area contributed by atoms with E-state index in [0.29, 0.717) is 19.3 Å². The lowest BCUT2D eigenvalue weighted by Gasteiger charge is -2.12. The molecule has 5 nitrogen and oxygen atoms in total. The second kappa shape index (κ2) is 5.73. The molecule has 1 amide bonds. The van der Waals surface area contributed by atoms with Crippen LogP contribution < -0.4 is 5.32 Å². The maximum absolute atomic E-state index is 11.8. The first kappa shape index (κ1) is 13.4. The number of carbonyl (C=O) groups is 2. The Kier molecular flexibility index (Phi) is 4.04. The molecule has 19 heavy (non-hydrogen) atoms. The van der Waals surface area contributed by atoms with E-state index in [1.165, 1.54) is 0 Å². The molecular weight excluding hydrogens is 246 g/mol. The number of carbonyl (C=O) groups excluding carboxylic acids is 1. The van der Waals surface area contributed by atoms with E-state index < -0.39 is 5.97 Å². The third-order valence-electron chi connectivity index (χ3n) is 3.42. The lowest BCUT2D eigenvalue weighted by molar-refractivity contribution is -0.141. The Bertz CT molecular complexity index is 486. The van der Waals surface area contributed by atoms with Crippen molar-refractivity contribution in [2.45, 2.75) is 31.7 Å². The summed E-state index contributed by atoms with van der Waals surface area (Å²) in [6, 6.07) is 6.51. The Hall–Kier alpha value is -2.04. The Morgan fingerprint density at radius 1 is 1.32 bits per heavy atom. The van der Waals surface area contributed by atoms with Gasteiger partial charge in [-0.2, -0.15) is 0 Å². The van der Waals surface area contributed by atoms with E-state index in [-0.39, 0.29) is 30.0 Å². The van der Waals surface area contributed by atoms with E-state index >= 15 is 0 Å². The van der Waals surface area contributed by atoms with E-state index in [2.05, 4.69) is 5.32 Å². The molecule has 1 fully saturated rings. The van der Waals surface area contributed by atoms with E-state index in [9.17, 15) is 14.7 Å². The van der Waals surface area contributed by atoms with Gasteiger partial charge in [0.05, 0.1) is 12.3 Å². The normalized spacial score (nSPS) is 22.1. The Balaban J connectivity index is 1.84. The fourth-order valence-electron chi connectivity index (χ4n) is 2.47. The van der Waals surface area contributed by atoms with Crippen LogP contribution in [0.2, 0.25) is 0 Å². The predicted octanol–water partition coefficient (Wildman–Crippen LogP) is 1.30. The molecule has 1 aliphatic carbocycles. The molecule has 3 N–H and O–H groups in total. The largest absolute Gasteiger partial charge is 0.508 e. The number of hydrogen-bond acceptors (Lipinski definition) is 3. The number of phenols is 1. The van der Waals surface area contributed by atoms with Crippen LogP contribution in [0.5, 0.6) is 5.75 Å². The fourth-order valence-corrected chi connectivity index (χ4v) is 2.47. The zero-order valence-corrected chi connectivity index (χ0v) is 10.5. The molecule has 2 rings (SSSR count). The van der Waals surface area contributed by atoms with E-state index in [1.54, 1.807) is 24.3 Å². The number of aliphatic carboxylic acids is 1. The van der Waals surface area contributed by atoms with Gasteiger partial charge in [-0.25, -0.2) is 0 Å². The monoisotopic (exact) mass is 263 g/mol. The highest BCUT2D eigenvalue weighted by Gasteiger charge is 2.30. The van der Waals surface area contributed by atoms with Gasteiger partial charge in [0.1, 0.15) is 5.75 Å². The minimum atomic E-state index is -0.787. The van der Waals surface area contributed by atoms with Crippen LogP contribution in [0, 0.1) is 5.92 Å². The molecule has 0 heterocycles. The highest BCUT2D eigenvalue weighted by molar-refractivity contribution is 5.79. The van der Waals surface area contributed by atoms with Crippen molar-refractivity contribution in [1.82, 2.24) is 5.32 Å². The summed E-state index contributed by atoms with van der Waals surface area (Å²) in [7, 11) is 0. The highest BCUT2D eigenvalue weighted by atomic mass is 16.4. The average molecular weight is 263 g/mol. The van der Waals surface area contributed by atoms with Gasteiger partial charge >= 0.3 is 5.97 Å². The van der Waals surface area contributed by atoms with E-state index in [4.69, 9.17) is 5.11 Å². The SMILES string of the molecule is O=C(Cc1cccc(O)c1)NC1CCC(C(=O)O)C1. The summed E-state index contributed by atoms with van der Waals surface area (Å²) in [5.41, 5.74) is 0.741. The topological polar surface area (TPSA) is 86.6 Å². The van der Waals surface area contributed by atoms with Crippen LogP contribution in [0.25, 0.3) is 0 Å². The quantitative estimate of drug-likeness (QED) is 0.764. The number of carboxylic acids is 1. The van der Waals surface area contributed by atoms with Crippen molar-refractivity contribution < 1.29 is 19.8 Å². The summed E-state index contributed by atoms with van der Waals surface area (Å²) in [6.07, 6.45) is 2.03. The number of phenolic OH excluding ortho intramolecular Hbond substituents is 1. The summed E-state index contributed by atoms with van der Waals surface area (Å²) >= 11 is 0. The molecule has 1 aromatic carbocycles. The Morgan fingerprint density at radius 3 is 2.74 bits per heavy atom. The predicted molar refractivity (Wildman–Crippen MR) is 68.7 cm³/mol. The van der Waals surface area contributed by atoms with Gasteiger partial charge in [-0.15, -0.1) is 0 Å². The maximum Gasteiger partial charge on any atom is 0.306 e. The van der Waals surface area contributed by atoms with Gasteiger partial charge in [0, 0.05) is 6.04 Å². The van der Waals surface area contributed by atoms with Crippen LogP contribution in [-0.2, 0) is 16.0 Å². The molecule has 0 spiro atoms. The van der Waals surface area contributed by atoms with Gasteiger partial charge in [-0.05, 0) is 37.0 Å². The van der Waals surface area contributed by atoms with Crippen LogP contribution >= 0.6 is 0 Å². The highest BCUT2D eigenvalue weighted by Crippen LogP contribution is 2.25. The Morgan fingerprint density at radius 2 is 2.11 bits per heavy atom. The second-order valence-electron chi connectivity index (χ2n) is 4.96. The molecule has 0 aromatic heterocycles. The fraction of sp³-hybridized carbons (Fsp3) is 0.429. The van der Waals surface area contributed by atoms with Crippen molar-refractivity contribution in [3.05, 3.63) is 29.8 Å². The number of benzene rings is 1. The van der Waals surface area contributed by atoms with Crippen molar-refractivity contribution >= 4 is 11.9 Å². The number of rotatable bonds is 4. The van der Waals surface area contributed by atoms with Crippen molar-refractivity contribution in [3.8, 4) is 5.75 Å². The molecule has 1 aromatic rings. The van der Waals surface area contributed by atoms with Crippen LogP contribution in [-0.4, -0.2) is 28.1 Å². The molecule has 1 saturated carbocycles. The lowest BCUT2D eigenvalue weighted by atomic mass is 10.1. The minimum Gasteiger partial charge on any atom is -0.508 e. The average Bonchev–Trinajstić information content (AvgIpc) is 2.77. The van der Waals surface area contributed by atoms with Crippen LogP contribution in [0.4, 0.5) is 0 Å². The molecule has 2 unspecified atom stereocenters. The number of nitrogens with one attached hydrogen (secondary N) is 1. The Labute approximate surface area is 111 Å². The molecule has 5 heteroatoms. The third-order valence-corrected chi connectivity index (χ3v) is 3.42. The smallest absolute Gasteiger partial charge is 0.306 e. The van der Waals surface area contributed by atoms with Gasteiger partial charge in [0.25, 0.3) is 0 Å². The van der Waals surface area contributed by atoms with Crippen molar-refractivity contribution in [2.75, 3.05) is 0 Å². The van der Waals surface area contributed by atoms with Gasteiger partial charge in [0.2, 0.25) is 5.91 Å². The lowest BCUT2D eigenvalue weighted by Crippen LogP contribution is -2.34. The summed E-state index contributed by atoms with van der Waals surface area (Å²) in [5.74, 6) is -1.13. The summed E-state index contributed by atoms with van der Waals surface area (Å²) in [5, 5.41) is 21.0. The molecular formula is C14H17NO4. The summed E-state index contributed by atoms with van der Waals surface area (Å²) in [6.45, 7) is 0. The van der Waals surface area contributed by atoms with E-state index in [0.717, 1.165) is 5.56 Å².